The summed E-state index contributed by atoms with van der Waals surface area (Å²) in [6.45, 7) is 0.607. The van der Waals surface area contributed by atoms with Gasteiger partial charge in [-0.1, -0.05) is 42.5 Å². The molecule has 0 bridgehead atoms. The maximum atomic E-state index is 12.1. The monoisotopic (exact) mass is 315 g/mol. The lowest BCUT2D eigenvalue weighted by molar-refractivity contribution is 0.0718. The summed E-state index contributed by atoms with van der Waals surface area (Å²) in [5.74, 6) is -0.201. The highest BCUT2D eigenvalue weighted by atomic mass is 35.5. The zero-order chi connectivity index (χ0) is 14.6. The molecule has 0 radical (unpaired) electrons. The molecule has 1 aliphatic rings. The Morgan fingerprint density at radius 3 is 2.30 bits per heavy atom. The molecule has 1 saturated carbocycles. The van der Waals surface area contributed by atoms with Crippen LogP contribution in [0.3, 0.4) is 0 Å². The number of aliphatic hydroxyl groups excluding tert-OH is 1. The first-order chi connectivity index (χ1) is 9.54. The summed E-state index contributed by atoms with van der Waals surface area (Å²) in [6, 6.07) is 4.78. The van der Waals surface area contributed by atoms with Crippen molar-refractivity contribution in [2.45, 2.75) is 32.1 Å². The number of hydrogen-bond acceptors (Lipinski definition) is 2. The predicted octanol–water partition coefficient (Wildman–Crippen LogP) is 3.67. The molecule has 0 spiro atoms. The molecule has 3 nitrogen and oxygen atoms in total. The van der Waals surface area contributed by atoms with Crippen LogP contribution in [0.25, 0.3) is 0 Å². The van der Waals surface area contributed by atoms with E-state index in [1.165, 1.54) is 6.42 Å². The van der Waals surface area contributed by atoms with Crippen molar-refractivity contribution in [2.24, 2.45) is 5.41 Å². The van der Waals surface area contributed by atoms with Crippen molar-refractivity contribution in [3.8, 4) is 0 Å². The van der Waals surface area contributed by atoms with Gasteiger partial charge in [0.2, 0.25) is 0 Å². The van der Waals surface area contributed by atoms with Gasteiger partial charge < -0.3 is 10.4 Å². The number of nitrogens with one attached hydrogen (secondary N) is 1. The molecule has 1 aliphatic carbocycles. The topological polar surface area (TPSA) is 49.3 Å². The molecule has 0 aromatic heterocycles. The van der Waals surface area contributed by atoms with E-state index >= 15 is 0 Å². The zero-order valence-electron chi connectivity index (χ0n) is 11.3. The van der Waals surface area contributed by atoms with Crippen molar-refractivity contribution in [3.63, 3.8) is 0 Å². The minimum atomic E-state index is -0.201. The Morgan fingerprint density at radius 1 is 1.15 bits per heavy atom. The Balaban J connectivity index is 2.00. The van der Waals surface area contributed by atoms with Crippen LogP contribution in [0.4, 0.5) is 0 Å². The van der Waals surface area contributed by atoms with E-state index in [9.17, 15) is 9.90 Å². The molecule has 20 heavy (non-hydrogen) atoms. The van der Waals surface area contributed by atoms with Crippen molar-refractivity contribution in [1.29, 1.82) is 0 Å². The van der Waals surface area contributed by atoms with Gasteiger partial charge in [-0.05, 0) is 31.0 Å². The molecule has 0 saturated heterocycles. The molecular formula is C15H19Cl2NO2. The van der Waals surface area contributed by atoms with Crippen LogP contribution < -0.4 is 5.32 Å². The van der Waals surface area contributed by atoms with Crippen molar-refractivity contribution in [3.05, 3.63) is 33.8 Å². The molecule has 0 unspecified atom stereocenters. The van der Waals surface area contributed by atoms with E-state index in [1.807, 2.05) is 0 Å². The van der Waals surface area contributed by atoms with Gasteiger partial charge in [-0.15, -0.1) is 0 Å². The third-order valence-corrected chi connectivity index (χ3v) is 4.43. The summed E-state index contributed by atoms with van der Waals surface area (Å²) in [4.78, 5) is 12.1. The lowest BCUT2D eigenvalue weighted by atomic mass is 9.74. The first-order valence-corrected chi connectivity index (χ1v) is 7.65. The normalized spacial score (nSPS) is 17.8. The molecule has 5 heteroatoms. The van der Waals surface area contributed by atoms with Crippen LogP contribution in [0.15, 0.2) is 18.2 Å². The van der Waals surface area contributed by atoms with Gasteiger partial charge in [0, 0.05) is 27.6 Å². The first kappa shape index (κ1) is 15.6. The predicted molar refractivity (Wildman–Crippen MR) is 81.4 cm³/mol. The van der Waals surface area contributed by atoms with Crippen LogP contribution >= 0.6 is 23.2 Å². The quantitative estimate of drug-likeness (QED) is 0.890. The molecule has 0 atom stereocenters. The number of hydrogen-bond donors (Lipinski definition) is 2. The van der Waals surface area contributed by atoms with Gasteiger partial charge >= 0.3 is 0 Å². The summed E-state index contributed by atoms with van der Waals surface area (Å²) in [5.41, 5.74) is 0.280. The third-order valence-electron chi connectivity index (χ3n) is 4.00. The van der Waals surface area contributed by atoms with Crippen molar-refractivity contribution >= 4 is 29.1 Å². The maximum absolute atomic E-state index is 12.1. The second kappa shape index (κ2) is 6.79. The Morgan fingerprint density at radius 2 is 1.75 bits per heavy atom. The molecule has 1 amide bonds. The lowest BCUT2D eigenvalue weighted by Gasteiger charge is -2.35. The molecular weight excluding hydrogens is 297 g/mol. The minimum absolute atomic E-state index is 0.115. The fourth-order valence-electron chi connectivity index (χ4n) is 2.75. The molecule has 1 aromatic rings. The van der Waals surface area contributed by atoms with Gasteiger partial charge in [-0.3, -0.25) is 4.79 Å². The fourth-order valence-corrected chi connectivity index (χ4v) is 3.27. The summed E-state index contributed by atoms with van der Waals surface area (Å²) in [7, 11) is 0. The zero-order valence-corrected chi connectivity index (χ0v) is 12.8. The maximum Gasteiger partial charge on any atom is 0.251 e. The number of halogens is 2. The molecule has 2 N–H and O–H groups in total. The second-order valence-electron chi connectivity index (χ2n) is 5.56. The van der Waals surface area contributed by atoms with Gasteiger partial charge in [0.25, 0.3) is 5.91 Å². The van der Waals surface area contributed by atoms with E-state index in [-0.39, 0.29) is 17.9 Å². The average Bonchev–Trinajstić information content (AvgIpc) is 2.45. The third kappa shape index (κ3) is 3.87. The molecule has 1 aromatic carbocycles. The number of amides is 1. The Hall–Kier alpha value is -0.770. The second-order valence-corrected chi connectivity index (χ2v) is 6.43. The molecule has 0 aliphatic heterocycles. The van der Waals surface area contributed by atoms with Gasteiger partial charge in [0.1, 0.15) is 0 Å². The van der Waals surface area contributed by atoms with Gasteiger partial charge in [0.05, 0.1) is 6.61 Å². The highest BCUT2D eigenvalue weighted by molar-refractivity contribution is 6.35. The number of rotatable bonds is 4. The van der Waals surface area contributed by atoms with E-state index < -0.39 is 0 Å². The Labute approximate surface area is 129 Å². The SMILES string of the molecule is O=C(NCC1(CO)CCCCC1)c1cc(Cl)cc(Cl)c1. The minimum Gasteiger partial charge on any atom is -0.396 e. The summed E-state index contributed by atoms with van der Waals surface area (Å²) in [5, 5.41) is 13.4. The molecule has 0 heterocycles. The molecule has 110 valence electrons. The fraction of sp³-hybridized carbons (Fsp3) is 0.533. The van der Waals surface area contributed by atoms with Crippen LogP contribution in [0.5, 0.6) is 0 Å². The van der Waals surface area contributed by atoms with Crippen molar-refractivity contribution < 1.29 is 9.90 Å². The van der Waals surface area contributed by atoms with E-state index in [2.05, 4.69) is 5.32 Å². The number of carbonyl (C=O) groups is 1. The van der Waals surface area contributed by atoms with Crippen molar-refractivity contribution in [2.75, 3.05) is 13.2 Å². The first-order valence-electron chi connectivity index (χ1n) is 6.90. The summed E-state index contributed by atoms with van der Waals surface area (Å²) >= 11 is 11.8. The van der Waals surface area contributed by atoms with Crippen LogP contribution in [0, 0.1) is 5.41 Å². The van der Waals surface area contributed by atoms with E-state index in [0.29, 0.717) is 22.2 Å². The van der Waals surface area contributed by atoms with Gasteiger partial charge in [0.15, 0.2) is 0 Å². The molecule has 1 fully saturated rings. The Kier molecular flexibility index (Phi) is 5.30. The highest BCUT2D eigenvalue weighted by Crippen LogP contribution is 2.35. The smallest absolute Gasteiger partial charge is 0.251 e. The van der Waals surface area contributed by atoms with E-state index in [1.54, 1.807) is 18.2 Å². The highest BCUT2D eigenvalue weighted by Gasteiger charge is 2.31. The number of carbonyl (C=O) groups excluding carboxylic acids is 1. The van der Waals surface area contributed by atoms with Crippen LogP contribution in [0.2, 0.25) is 10.0 Å². The standard InChI is InChI=1S/C15H19Cl2NO2/c16-12-6-11(7-13(17)8-12)14(20)18-9-15(10-19)4-2-1-3-5-15/h6-8,19H,1-5,9-10H2,(H,18,20). The van der Waals surface area contributed by atoms with E-state index in [0.717, 1.165) is 25.7 Å². The summed E-state index contributed by atoms with van der Waals surface area (Å²) < 4.78 is 0. The lowest BCUT2D eigenvalue weighted by Crippen LogP contribution is -2.41. The largest absolute Gasteiger partial charge is 0.396 e. The van der Waals surface area contributed by atoms with Crippen LogP contribution in [-0.2, 0) is 0 Å². The van der Waals surface area contributed by atoms with Crippen LogP contribution in [-0.4, -0.2) is 24.2 Å². The van der Waals surface area contributed by atoms with Crippen LogP contribution in [0.1, 0.15) is 42.5 Å². The molecule has 2 rings (SSSR count). The average molecular weight is 316 g/mol. The van der Waals surface area contributed by atoms with Gasteiger partial charge in [-0.25, -0.2) is 0 Å². The number of benzene rings is 1. The van der Waals surface area contributed by atoms with Gasteiger partial charge in [-0.2, -0.15) is 0 Å². The number of aliphatic hydroxyl groups is 1. The summed E-state index contributed by atoms with van der Waals surface area (Å²) in [6.07, 6.45) is 5.35. The van der Waals surface area contributed by atoms with Crippen molar-refractivity contribution in [1.82, 2.24) is 5.32 Å². The van der Waals surface area contributed by atoms with E-state index in [4.69, 9.17) is 23.2 Å². The Bertz CT molecular complexity index is 465.